The summed E-state index contributed by atoms with van der Waals surface area (Å²) in [4.78, 5) is 14.3. The smallest absolute Gasteiger partial charge is 0.163 e. The minimum atomic E-state index is 0.0878. The number of benzene rings is 1. The third kappa shape index (κ3) is 5.00. The van der Waals surface area contributed by atoms with Crippen LogP contribution in [-0.2, 0) is 13.5 Å². The fourth-order valence-corrected chi connectivity index (χ4v) is 3.66. The summed E-state index contributed by atoms with van der Waals surface area (Å²) in [5.41, 5.74) is 3.83. The number of nitrogens with zero attached hydrogens (tertiary/aromatic N) is 6. The number of pyridine rings is 1. The molecule has 0 aliphatic rings. The lowest BCUT2D eigenvalue weighted by Gasteiger charge is -2.29. The first kappa shape index (κ1) is 23.6. The molecule has 0 aliphatic heterocycles. The van der Waals surface area contributed by atoms with Crippen LogP contribution in [0.5, 0.6) is 5.75 Å². The molecule has 178 valence electrons. The van der Waals surface area contributed by atoms with Gasteiger partial charge in [-0.05, 0) is 38.3 Å². The van der Waals surface area contributed by atoms with Crippen molar-refractivity contribution in [3.8, 4) is 17.1 Å². The predicted molar refractivity (Wildman–Crippen MR) is 135 cm³/mol. The predicted octanol–water partition coefficient (Wildman–Crippen LogP) is 4.96. The second-order valence-electron chi connectivity index (χ2n) is 9.77. The Labute approximate surface area is 200 Å². The van der Waals surface area contributed by atoms with Crippen molar-refractivity contribution in [3.63, 3.8) is 0 Å². The molecule has 3 aromatic heterocycles. The Kier molecular flexibility index (Phi) is 6.50. The molecule has 0 bridgehead atoms. The number of aryl methyl sites for hydroxylation is 2. The van der Waals surface area contributed by atoms with Gasteiger partial charge in [-0.1, -0.05) is 32.9 Å². The average Bonchev–Trinajstić information content (AvgIpc) is 3.20. The van der Waals surface area contributed by atoms with E-state index in [1.54, 1.807) is 6.33 Å². The Bertz CT molecular complexity index is 1310. The van der Waals surface area contributed by atoms with Gasteiger partial charge < -0.3 is 14.6 Å². The van der Waals surface area contributed by atoms with Crippen LogP contribution < -0.4 is 10.1 Å². The molecule has 4 aromatic rings. The van der Waals surface area contributed by atoms with Gasteiger partial charge in [-0.25, -0.2) is 15.0 Å². The summed E-state index contributed by atoms with van der Waals surface area (Å²) in [5, 5.41) is 12.7. The molecule has 1 atom stereocenters. The van der Waals surface area contributed by atoms with E-state index in [0.29, 0.717) is 13.0 Å². The van der Waals surface area contributed by atoms with Crippen molar-refractivity contribution in [1.82, 2.24) is 29.7 Å². The van der Waals surface area contributed by atoms with Crippen molar-refractivity contribution in [2.75, 3.05) is 11.9 Å². The second-order valence-corrected chi connectivity index (χ2v) is 9.77. The summed E-state index contributed by atoms with van der Waals surface area (Å²) in [6, 6.07) is 8.34. The van der Waals surface area contributed by atoms with Crippen molar-refractivity contribution in [2.45, 2.75) is 54.0 Å². The molecular formula is C26H33N7O. The van der Waals surface area contributed by atoms with Crippen LogP contribution in [0.25, 0.3) is 22.3 Å². The zero-order valence-electron chi connectivity index (χ0n) is 21.0. The highest BCUT2D eigenvalue weighted by Crippen LogP contribution is 2.29. The zero-order chi connectivity index (χ0) is 24.5. The van der Waals surface area contributed by atoms with E-state index in [2.05, 4.69) is 54.3 Å². The maximum atomic E-state index is 5.97. The zero-order valence-corrected chi connectivity index (χ0v) is 21.0. The fourth-order valence-electron chi connectivity index (χ4n) is 3.66. The molecule has 0 saturated carbocycles. The molecule has 0 spiro atoms. The number of fused-ring (bicyclic) bond motifs is 1. The summed E-state index contributed by atoms with van der Waals surface area (Å²) in [6.45, 7) is 13.3. The molecule has 1 N–H and O–H groups in total. The van der Waals surface area contributed by atoms with Crippen LogP contribution in [0.1, 0.15) is 51.7 Å². The average molecular weight is 460 g/mol. The van der Waals surface area contributed by atoms with Gasteiger partial charge in [-0.15, -0.1) is 10.2 Å². The van der Waals surface area contributed by atoms with Gasteiger partial charge in [-0.2, -0.15) is 0 Å². The van der Waals surface area contributed by atoms with E-state index < -0.39 is 0 Å². The second kappa shape index (κ2) is 9.37. The van der Waals surface area contributed by atoms with Crippen LogP contribution in [-0.4, -0.2) is 42.4 Å². The molecule has 0 saturated heterocycles. The molecular weight excluding hydrogens is 426 g/mol. The van der Waals surface area contributed by atoms with Crippen LogP contribution >= 0.6 is 0 Å². The Hall–Kier alpha value is -3.55. The quantitative estimate of drug-likeness (QED) is 0.417. The van der Waals surface area contributed by atoms with E-state index in [4.69, 9.17) is 14.7 Å². The number of ether oxygens (including phenoxy) is 1. The normalized spacial score (nSPS) is 12.7. The fraction of sp³-hybridized carbons (Fsp3) is 0.423. The first-order valence-electron chi connectivity index (χ1n) is 11.7. The Balaban J connectivity index is 1.70. The number of nitrogens with one attached hydrogen (secondary N) is 1. The monoisotopic (exact) mass is 459 g/mol. The lowest BCUT2D eigenvalue weighted by molar-refractivity contribution is 0.337. The van der Waals surface area contributed by atoms with Crippen LogP contribution in [0.2, 0.25) is 0 Å². The largest absolute Gasteiger partial charge is 0.494 e. The van der Waals surface area contributed by atoms with Gasteiger partial charge in [0.1, 0.15) is 23.4 Å². The van der Waals surface area contributed by atoms with Crippen molar-refractivity contribution in [3.05, 3.63) is 53.9 Å². The summed E-state index contributed by atoms with van der Waals surface area (Å²) in [7, 11) is 1.93. The third-order valence-corrected chi connectivity index (χ3v) is 6.08. The summed E-state index contributed by atoms with van der Waals surface area (Å²) >= 11 is 0. The minimum absolute atomic E-state index is 0.0878. The van der Waals surface area contributed by atoms with Gasteiger partial charge in [0.2, 0.25) is 0 Å². The van der Waals surface area contributed by atoms with E-state index in [0.717, 1.165) is 50.9 Å². The maximum absolute atomic E-state index is 5.97. The van der Waals surface area contributed by atoms with Crippen molar-refractivity contribution < 1.29 is 4.74 Å². The van der Waals surface area contributed by atoms with Gasteiger partial charge in [0.05, 0.1) is 6.61 Å². The van der Waals surface area contributed by atoms with E-state index in [9.17, 15) is 0 Å². The topological polar surface area (TPSA) is 90.6 Å². The molecule has 0 aliphatic carbocycles. The van der Waals surface area contributed by atoms with Crippen LogP contribution in [0.3, 0.4) is 0 Å². The van der Waals surface area contributed by atoms with Crippen LogP contribution in [0, 0.1) is 12.3 Å². The number of rotatable bonds is 7. The van der Waals surface area contributed by atoms with E-state index in [1.165, 1.54) is 0 Å². The van der Waals surface area contributed by atoms with Gasteiger partial charge in [0, 0.05) is 47.9 Å². The van der Waals surface area contributed by atoms with Gasteiger partial charge in [-0.3, -0.25) is 0 Å². The third-order valence-electron chi connectivity index (χ3n) is 6.08. The molecule has 0 fully saturated rings. The summed E-state index contributed by atoms with van der Waals surface area (Å²) < 4.78 is 7.86. The van der Waals surface area contributed by atoms with E-state index in [1.807, 2.05) is 49.9 Å². The van der Waals surface area contributed by atoms with Crippen molar-refractivity contribution in [2.24, 2.45) is 12.5 Å². The Morgan fingerprint density at radius 1 is 1.15 bits per heavy atom. The Morgan fingerprint density at radius 2 is 1.94 bits per heavy atom. The molecule has 3 heterocycles. The highest BCUT2D eigenvalue weighted by atomic mass is 16.5. The minimum Gasteiger partial charge on any atom is -0.494 e. The molecule has 1 aromatic carbocycles. The summed E-state index contributed by atoms with van der Waals surface area (Å²) in [5.74, 6) is 3.11. The first-order valence-corrected chi connectivity index (χ1v) is 11.7. The SMILES string of the molecule is CCOc1cc(-c2nncn2C)ccc1Cc1ncc2cc(C)nc(N[C@@H](C)C(C)(C)C)c2n1. The molecule has 8 nitrogen and oxygen atoms in total. The van der Waals surface area contributed by atoms with Gasteiger partial charge in [0.15, 0.2) is 11.6 Å². The lowest BCUT2D eigenvalue weighted by Crippen LogP contribution is -2.31. The highest BCUT2D eigenvalue weighted by molar-refractivity contribution is 5.88. The molecule has 0 amide bonds. The number of hydrogen-bond acceptors (Lipinski definition) is 7. The van der Waals surface area contributed by atoms with Crippen molar-refractivity contribution in [1.29, 1.82) is 0 Å². The first-order chi connectivity index (χ1) is 16.2. The van der Waals surface area contributed by atoms with Gasteiger partial charge in [0.25, 0.3) is 0 Å². The van der Waals surface area contributed by atoms with Crippen molar-refractivity contribution >= 4 is 16.7 Å². The maximum Gasteiger partial charge on any atom is 0.163 e. The molecule has 0 unspecified atom stereocenters. The van der Waals surface area contributed by atoms with Crippen LogP contribution in [0.4, 0.5) is 5.82 Å². The van der Waals surface area contributed by atoms with Crippen LogP contribution in [0.15, 0.2) is 36.8 Å². The molecule has 0 radical (unpaired) electrons. The lowest BCUT2D eigenvalue weighted by atomic mass is 9.88. The van der Waals surface area contributed by atoms with E-state index >= 15 is 0 Å². The highest BCUT2D eigenvalue weighted by Gasteiger charge is 2.22. The molecule has 8 heteroatoms. The number of hydrogen-bond donors (Lipinski definition) is 1. The standard InChI is InChI=1S/C26H33N7O/c1-8-34-21-12-19(25-32-28-15-33(25)7)10-9-18(21)13-22-27-14-20-11-16(2)29-24(23(20)31-22)30-17(3)26(4,5)6/h9-12,14-15,17H,8,13H2,1-7H3,(H,29,30)/t17-/m0/s1. The Morgan fingerprint density at radius 3 is 2.62 bits per heavy atom. The number of aromatic nitrogens is 6. The molecule has 34 heavy (non-hydrogen) atoms. The summed E-state index contributed by atoms with van der Waals surface area (Å²) in [6.07, 6.45) is 4.12. The molecule has 4 rings (SSSR count). The van der Waals surface area contributed by atoms with E-state index in [-0.39, 0.29) is 11.5 Å². The van der Waals surface area contributed by atoms with Gasteiger partial charge >= 0.3 is 0 Å². The number of anilines is 1.